The van der Waals surface area contributed by atoms with E-state index in [4.69, 9.17) is 0 Å². The molecule has 0 N–H and O–H groups in total. The Hall–Kier alpha value is -1.81. The minimum atomic E-state index is 0.223. The Kier molecular flexibility index (Phi) is 5.01. The maximum atomic E-state index is 10.9. The van der Waals surface area contributed by atoms with Crippen molar-refractivity contribution in [2.24, 2.45) is 5.92 Å². The number of anilines is 1. The number of hydrogen-bond donors (Lipinski definition) is 0. The second-order valence-corrected chi connectivity index (χ2v) is 6.80. The third-order valence-electron chi connectivity index (χ3n) is 5.00. The highest BCUT2D eigenvalue weighted by Crippen LogP contribution is 2.20. The van der Waals surface area contributed by atoms with Gasteiger partial charge in [-0.25, -0.2) is 0 Å². The number of piperazine rings is 1. The van der Waals surface area contributed by atoms with Crippen LogP contribution in [0.5, 0.6) is 0 Å². The van der Waals surface area contributed by atoms with Gasteiger partial charge in [-0.05, 0) is 37.6 Å². The molecule has 0 bridgehead atoms. The zero-order valence-corrected chi connectivity index (χ0v) is 14.1. The summed E-state index contributed by atoms with van der Waals surface area (Å²) >= 11 is 0. The topological polar surface area (TPSA) is 26.8 Å². The molecule has 4 heteroatoms. The van der Waals surface area contributed by atoms with Crippen LogP contribution < -0.4 is 4.90 Å². The minimum Gasteiger partial charge on any atom is -0.371 e. The van der Waals surface area contributed by atoms with Gasteiger partial charge in [-0.3, -0.25) is 4.90 Å². The van der Waals surface area contributed by atoms with Gasteiger partial charge < -0.3 is 14.6 Å². The molecule has 2 aliphatic heterocycles. The van der Waals surface area contributed by atoms with Crippen molar-refractivity contribution < 1.29 is 4.79 Å². The summed E-state index contributed by atoms with van der Waals surface area (Å²) < 4.78 is 0. The van der Waals surface area contributed by atoms with Crippen molar-refractivity contribution in [2.45, 2.75) is 13.3 Å². The highest BCUT2D eigenvalue weighted by Gasteiger charge is 2.24. The third kappa shape index (κ3) is 3.94. The molecule has 3 rings (SSSR count). The van der Waals surface area contributed by atoms with Gasteiger partial charge >= 0.3 is 0 Å². The molecule has 2 aliphatic rings. The monoisotopic (exact) mass is 313 g/mol. The van der Waals surface area contributed by atoms with Gasteiger partial charge in [0.25, 0.3) is 0 Å². The average Bonchev–Trinajstić information content (AvgIpc) is 3.02. The number of carbonyl (C=O) groups excluding carboxylic acids is 1. The Bertz CT molecular complexity index is 563. The molecule has 2 saturated heterocycles. The molecule has 0 saturated carbocycles. The molecule has 1 atom stereocenters. The van der Waals surface area contributed by atoms with Crippen LogP contribution in [0.1, 0.15) is 12.0 Å². The quantitative estimate of drug-likeness (QED) is 0.778. The lowest BCUT2D eigenvalue weighted by Crippen LogP contribution is -2.47. The highest BCUT2D eigenvalue weighted by atomic mass is 16.1. The van der Waals surface area contributed by atoms with Crippen LogP contribution in [0, 0.1) is 12.8 Å². The van der Waals surface area contributed by atoms with Crippen molar-refractivity contribution in [3.8, 4) is 0 Å². The van der Waals surface area contributed by atoms with Gasteiger partial charge in [0.05, 0.1) is 0 Å². The van der Waals surface area contributed by atoms with Gasteiger partial charge in [-0.2, -0.15) is 0 Å². The summed E-state index contributed by atoms with van der Waals surface area (Å²) in [5.41, 5.74) is 3.83. The molecule has 124 valence electrons. The number of aldehydes is 1. The lowest BCUT2D eigenvalue weighted by molar-refractivity contribution is -0.110. The molecule has 2 fully saturated rings. The summed E-state index contributed by atoms with van der Waals surface area (Å²) in [7, 11) is 0. The number of aryl methyl sites for hydroxylation is 1. The standard InChI is InChI=1S/C19H27N3O/c1-16-4-3-5-19(12-16)22-10-8-21(9-11-22)17(2)13-20-7-6-18(14-20)15-23/h3-5,12,15,18H,2,6-11,13-14H2,1H3. The van der Waals surface area contributed by atoms with Crippen LogP contribution in [0.2, 0.25) is 0 Å². The number of nitrogens with zero attached hydrogens (tertiary/aromatic N) is 3. The fourth-order valence-corrected chi connectivity index (χ4v) is 3.58. The zero-order chi connectivity index (χ0) is 16.2. The Labute approximate surface area is 139 Å². The Morgan fingerprint density at radius 2 is 2.04 bits per heavy atom. The Balaban J connectivity index is 1.49. The molecule has 0 aromatic heterocycles. The van der Waals surface area contributed by atoms with E-state index in [1.165, 1.54) is 16.9 Å². The van der Waals surface area contributed by atoms with Crippen molar-refractivity contribution in [1.29, 1.82) is 0 Å². The Morgan fingerprint density at radius 3 is 2.70 bits per heavy atom. The number of likely N-dealkylation sites (tertiary alicyclic amines) is 1. The van der Waals surface area contributed by atoms with Crippen LogP contribution >= 0.6 is 0 Å². The summed E-state index contributed by atoms with van der Waals surface area (Å²) in [5, 5.41) is 0. The first-order valence-electron chi connectivity index (χ1n) is 8.57. The number of rotatable bonds is 5. The third-order valence-corrected chi connectivity index (χ3v) is 5.00. The maximum absolute atomic E-state index is 10.9. The van der Waals surface area contributed by atoms with E-state index in [1.807, 2.05) is 0 Å². The molecule has 1 unspecified atom stereocenters. The molecule has 0 aliphatic carbocycles. The molecule has 0 amide bonds. The van der Waals surface area contributed by atoms with Crippen LogP contribution in [0.3, 0.4) is 0 Å². The second kappa shape index (κ2) is 7.18. The number of benzene rings is 1. The largest absolute Gasteiger partial charge is 0.371 e. The molecular weight excluding hydrogens is 286 g/mol. The SMILES string of the molecule is C=C(CN1CCC(C=O)C1)N1CCN(c2cccc(C)c2)CC1. The van der Waals surface area contributed by atoms with Gasteiger partial charge in [0, 0.05) is 56.6 Å². The maximum Gasteiger partial charge on any atom is 0.124 e. The zero-order valence-electron chi connectivity index (χ0n) is 14.1. The fourth-order valence-electron chi connectivity index (χ4n) is 3.58. The van der Waals surface area contributed by atoms with Crippen LogP contribution in [-0.4, -0.2) is 61.9 Å². The normalized spacial score (nSPS) is 22.4. The van der Waals surface area contributed by atoms with Crippen LogP contribution in [0.4, 0.5) is 5.69 Å². The van der Waals surface area contributed by atoms with E-state index in [-0.39, 0.29) is 5.92 Å². The number of hydrogen-bond acceptors (Lipinski definition) is 4. The molecular formula is C19H27N3O. The number of carbonyl (C=O) groups is 1. The van der Waals surface area contributed by atoms with Crippen LogP contribution in [-0.2, 0) is 4.79 Å². The lowest BCUT2D eigenvalue weighted by Gasteiger charge is -2.39. The predicted octanol–water partition coefficient (Wildman–Crippen LogP) is 2.15. The van der Waals surface area contributed by atoms with E-state index in [0.717, 1.165) is 58.5 Å². The first-order chi connectivity index (χ1) is 11.2. The second-order valence-electron chi connectivity index (χ2n) is 6.80. The van der Waals surface area contributed by atoms with Crippen molar-refractivity contribution in [3.63, 3.8) is 0 Å². The van der Waals surface area contributed by atoms with E-state index in [1.54, 1.807) is 0 Å². The van der Waals surface area contributed by atoms with Gasteiger partial charge in [-0.1, -0.05) is 18.7 Å². The first kappa shape index (κ1) is 16.1. The van der Waals surface area contributed by atoms with Gasteiger partial charge in [0.15, 0.2) is 0 Å². The van der Waals surface area contributed by atoms with E-state index in [0.29, 0.717) is 0 Å². The molecule has 0 spiro atoms. The van der Waals surface area contributed by atoms with Gasteiger partial charge in [0.1, 0.15) is 6.29 Å². The summed E-state index contributed by atoms with van der Waals surface area (Å²) in [6.07, 6.45) is 2.10. The van der Waals surface area contributed by atoms with Crippen molar-refractivity contribution in [1.82, 2.24) is 9.80 Å². The fraction of sp³-hybridized carbons (Fsp3) is 0.526. The van der Waals surface area contributed by atoms with Crippen molar-refractivity contribution >= 4 is 12.0 Å². The highest BCUT2D eigenvalue weighted by molar-refractivity contribution is 5.54. The lowest BCUT2D eigenvalue weighted by atomic mass is 10.1. The molecule has 1 aromatic rings. The molecule has 2 heterocycles. The summed E-state index contributed by atoms with van der Waals surface area (Å²) in [5.74, 6) is 0.223. The molecule has 23 heavy (non-hydrogen) atoms. The van der Waals surface area contributed by atoms with E-state index < -0.39 is 0 Å². The molecule has 1 aromatic carbocycles. The van der Waals surface area contributed by atoms with E-state index in [9.17, 15) is 4.79 Å². The molecule has 0 radical (unpaired) electrons. The summed E-state index contributed by atoms with van der Waals surface area (Å²) in [6, 6.07) is 8.73. The van der Waals surface area contributed by atoms with Gasteiger partial charge in [0.2, 0.25) is 0 Å². The summed E-state index contributed by atoms with van der Waals surface area (Å²) in [4.78, 5) is 18.1. The molecule has 4 nitrogen and oxygen atoms in total. The van der Waals surface area contributed by atoms with Gasteiger partial charge in [-0.15, -0.1) is 0 Å². The predicted molar refractivity (Wildman–Crippen MR) is 94.7 cm³/mol. The summed E-state index contributed by atoms with van der Waals surface area (Å²) in [6.45, 7) is 13.4. The van der Waals surface area contributed by atoms with Crippen LogP contribution in [0.25, 0.3) is 0 Å². The van der Waals surface area contributed by atoms with E-state index >= 15 is 0 Å². The van der Waals surface area contributed by atoms with Crippen molar-refractivity contribution in [3.05, 3.63) is 42.1 Å². The minimum absolute atomic E-state index is 0.223. The van der Waals surface area contributed by atoms with E-state index in [2.05, 4.69) is 52.5 Å². The average molecular weight is 313 g/mol. The smallest absolute Gasteiger partial charge is 0.124 e. The van der Waals surface area contributed by atoms with Crippen LogP contribution in [0.15, 0.2) is 36.5 Å². The Morgan fingerprint density at radius 1 is 1.26 bits per heavy atom. The van der Waals surface area contributed by atoms with Crippen molar-refractivity contribution in [2.75, 3.05) is 50.7 Å². The first-order valence-corrected chi connectivity index (χ1v) is 8.57.